The van der Waals surface area contributed by atoms with Crippen molar-refractivity contribution in [2.24, 2.45) is 0 Å². The maximum Gasteiger partial charge on any atom is 0.273 e. The Bertz CT molecular complexity index is 1180. The lowest BCUT2D eigenvalue weighted by molar-refractivity contribution is 0.110. The second kappa shape index (κ2) is 12.1. The van der Waals surface area contributed by atoms with Crippen LogP contribution in [-0.4, -0.2) is 60.6 Å². The van der Waals surface area contributed by atoms with Gasteiger partial charge in [0.15, 0.2) is 0 Å². The molecule has 0 saturated heterocycles. The van der Waals surface area contributed by atoms with Crippen molar-refractivity contribution in [1.29, 1.82) is 0 Å². The number of methoxy groups -OCH3 is 2. The van der Waals surface area contributed by atoms with Gasteiger partial charge in [-0.2, -0.15) is 5.10 Å². The maximum absolute atomic E-state index is 12.6. The third-order valence-electron chi connectivity index (χ3n) is 5.35. The van der Waals surface area contributed by atoms with Gasteiger partial charge in [-0.25, -0.2) is 5.10 Å². The van der Waals surface area contributed by atoms with Crippen LogP contribution in [0.3, 0.4) is 0 Å². The lowest BCUT2D eigenvalue weighted by Gasteiger charge is -2.21. The van der Waals surface area contributed by atoms with E-state index in [0.29, 0.717) is 24.5 Å². The van der Waals surface area contributed by atoms with E-state index in [2.05, 4.69) is 44.9 Å². The first-order valence-corrected chi connectivity index (χ1v) is 11.0. The fourth-order valence-corrected chi connectivity index (χ4v) is 3.68. The van der Waals surface area contributed by atoms with Gasteiger partial charge in [-0.3, -0.25) is 9.69 Å². The number of hydrogen-bond donors (Lipinski definition) is 2. The molecular formula is C26H32N4O3. The molecule has 0 radical (unpaired) electrons. The van der Waals surface area contributed by atoms with Gasteiger partial charge >= 0.3 is 0 Å². The van der Waals surface area contributed by atoms with Gasteiger partial charge in [-0.1, -0.05) is 36.9 Å². The van der Waals surface area contributed by atoms with E-state index < -0.39 is 0 Å². The van der Waals surface area contributed by atoms with Crippen LogP contribution in [0.5, 0.6) is 0 Å². The number of nitrogens with one attached hydrogen (secondary N) is 2. The topological polar surface area (TPSA) is 83.2 Å². The summed E-state index contributed by atoms with van der Waals surface area (Å²) in [6, 6.07) is 10.1. The van der Waals surface area contributed by atoms with E-state index in [4.69, 9.17) is 9.47 Å². The van der Waals surface area contributed by atoms with Gasteiger partial charge in [0.05, 0.1) is 30.2 Å². The summed E-state index contributed by atoms with van der Waals surface area (Å²) in [7, 11) is 3.42. The predicted octanol–water partition coefficient (Wildman–Crippen LogP) is 4.16. The van der Waals surface area contributed by atoms with Crippen LogP contribution in [0.25, 0.3) is 27.7 Å². The lowest BCUT2D eigenvalue weighted by Crippen LogP contribution is -2.30. The van der Waals surface area contributed by atoms with E-state index >= 15 is 0 Å². The minimum Gasteiger partial charge on any atom is -0.383 e. The normalized spacial score (nSPS) is 12.3. The van der Waals surface area contributed by atoms with E-state index in [1.807, 2.05) is 31.2 Å². The Morgan fingerprint density at radius 1 is 1.15 bits per heavy atom. The van der Waals surface area contributed by atoms with Crippen LogP contribution in [0, 0.1) is 0 Å². The fraction of sp³-hybridized carbons (Fsp3) is 0.308. The van der Waals surface area contributed by atoms with Gasteiger partial charge in [0.1, 0.15) is 0 Å². The second-order valence-corrected chi connectivity index (χ2v) is 7.72. The first-order chi connectivity index (χ1) is 16.1. The van der Waals surface area contributed by atoms with E-state index in [9.17, 15) is 4.79 Å². The first kappa shape index (κ1) is 24.4. The van der Waals surface area contributed by atoms with Gasteiger partial charge in [0.2, 0.25) is 0 Å². The molecule has 0 aliphatic carbocycles. The first-order valence-electron chi connectivity index (χ1n) is 11.0. The molecule has 0 saturated carbocycles. The zero-order valence-corrected chi connectivity index (χ0v) is 19.6. The van der Waals surface area contributed by atoms with E-state index in [0.717, 1.165) is 41.8 Å². The molecule has 3 aromatic rings. The van der Waals surface area contributed by atoms with Crippen LogP contribution in [-0.2, 0) is 16.0 Å². The summed E-state index contributed by atoms with van der Waals surface area (Å²) in [6.45, 7) is 9.49. The Kier molecular flexibility index (Phi) is 8.95. The number of allylic oxidation sites excluding steroid dienone is 5. The van der Waals surface area contributed by atoms with Crippen molar-refractivity contribution in [2.45, 2.75) is 13.5 Å². The third-order valence-corrected chi connectivity index (χ3v) is 5.35. The van der Waals surface area contributed by atoms with Crippen LogP contribution < -0.4 is 5.56 Å². The third kappa shape index (κ3) is 6.38. The molecule has 0 atom stereocenters. The summed E-state index contributed by atoms with van der Waals surface area (Å²) in [5, 5.41) is 7.88. The van der Waals surface area contributed by atoms with Crippen molar-refractivity contribution >= 4 is 16.5 Å². The predicted molar refractivity (Wildman–Crippen MR) is 134 cm³/mol. The molecule has 2 N–H and O–H groups in total. The quantitative estimate of drug-likeness (QED) is 0.407. The molecule has 2 aromatic heterocycles. The average Bonchev–Trinajstić information content (AvgIpc) is 3.24. The standard InChI is InChI=1S/C26H32N4O3/c1-5-7-20(8-6-2)24-17-22(26(31)29-28-24)25-16-21-15-19(9-10-23(21)27-25)18-30(11-13-32-3)12-14-33-4/h5-10,15-17,27H,1,11-14,18H2,2-4H3,(H,29,31)/b8-6-,20-7+. The molecule has 7 nitrogen and oxygen atoms in total. The highest BCUT2D eigenvalue weighted by Gasteiger charge is 2.12. The van der Waals surface area contributed by atoms with Crippen LogP contribution in [0.2, 0.25) is 0 Å². The highest BCUT2D eigenvalue weighted by Crippen LogP contribution is 2.25. The Labute approximate surface area is 194 Å². The van der Waals surface area contributed by atoms with Crippen molar-refractivity contribution < 1.29 is 9.47 Å². The highest BCUT2D eigenvalue weighted by molar-refractivity contribution is 5.87. The van der Waals surface area contributed by atoms with E-state index in [1.54, 1.807) is 26.4 Å². The molecule has 7 heteroatoms. The fourth-order valence-electron chi connectivity index (χ4n) is 3.68. The Balaban J connectivity index is 1.91. The van der Waals surface area contributed by atoms with Crippen LogP contribution in [0.1, 0.15) is 18.2 Å². The number of fused-ring (bicyclic) bond motifs is 1. The summed E-state index contributed by atoms with van der Waals surface area (Å²) >= 11 is 0. The molecule has 33 heavy (non-hydrogen) atoms. The number of benzene rings is 1. The summed E-state index contributed by atoms with van der Waals surface area (Å²) in [5.41, 5.74) is 4.76. The zero-order valence-electron chi connectivity index (χ0n) is 19.6. The van der Waals surface area contributed by atoms with Crippen LogP contribution in [0.15, 0.2) is 66.0 Å². The van der Waals surface area contributed by atoms with Crippen molar-refractivity contribution in [3.8, 4) is 11.3 Å². The zero-order chi connectivity index (χ0) is 23.6. The Morgan fingerprint density at radius 2 is 1.91 bits per heavy atom. The van der Waals surface area contributed by atoms with Crippen molar-refractivity contribution in [2.75, 3.05) is 40.5 Å². The summed E-state index contributed by atoms with van der Waals surface area (Å²) in [6.07, 6.45) is 7.42. The van der Waals surface area contributed by atoms with Gasteiger partial charge in [0.25, 0.3) is 5.56 Å². The largest absolute Gasteiger partial charge is 0.383 e. The summed E-state index contributed by atoms with van der Waals surface area (Å²) in [4.78, 5) is 18.2. The number of nitrogens with zero attached hydrogens (tertiary/aromatic N) is 2. The van der Waals surface area contributed by atoms with Crippen molar-refractivity contribution in [1.82, 2.24) is 20.1 Å². The lowest BCUT2D eigenvalue weighted by atomic mass is 10.1. The number of aromatic nitrogens is 3. The summed E-state index contributed by atoms with van der Waals surface area (Å²) < 4.78 is 10.5. The minimum absolute atomic E-state index is 0.241. The molecule has 0 unspecified atom stereocenters. The number of H-pyrrole nitrogens is 2. The van der Waals surface area contributed by atoms with Crippen LogP contribution in [0.4, 0.5) is 0 Å². The molecule has 1 aromatic carbocycles. The maximum atomic E-state index is 12.6. The molecule has 0 amide bonds. The number of rotatable bonds is 12. The molecule has 174 valence electrons. The van der Waals surface area contributed by atoms with Gasteiger partial charge in [-0.05, 0) is 36.8 Å². The van der Waals surface area contributed by atoms with Crippen LogP contribution >= 0.6 is 0 Å². The SMILES string of the molecule is C=C/C=C(\C=C/C)c1cc(-c2cc3cc(CN(CCOC)CCOC)ccc3[nH]2)c(=O)[nH]n1. The molecule has 0 fully saturated rings. The summed E-state index contributed by atoms with van der Waals surface area (Å²) in [5.74, 6) is 0. The van der Waals surface area contributed by atoms with Crippen molar-refractivity contribution in [3.05, 3.63) is 82.8 Å². The van der Waals surface area contributed by atoms with Gasteiger partial charge in [0, 0.05) is 50.3 Å². The number of hydrogen-bond acceptors (Lipinski definition) is 5. The molecule has 0 spiro atoms. The monoisotopic (exact) mass is 448 g/mol. The van der Waals surface area contributed by atoms with E-state index in [-0.39, 0.29) is 5.56 Å². The van der Waals surface area contributed by atoms with Gasteiger partial charge in [-0.15, -0.1) is 0 Å². The van der Waals surface area contributed by atoms with Crippen molar-refractivity contribution in [3.63, 3.8) is 0 Å². The minimum atomic E-state index is -0.241. The molecular weight excluding hydrogens is 416 g/mol. The smallest absolute Gasteiger partial charge is 0.273 e. The average molecular weight is 449 g/mol. The second-order valence-electron chi connectivity index (χ2n) is 7.72. The number of aromatic amines is 2. The number of ether oxygens (including phenoxy) is 2. The Hall–Kier alpha value is -3.26. The van der Waals surface area contributed by atoms with Gasteiger partial charge < -0.3 is 14.5 Å². The molecule has 0 bridgehead atoms. The molecule has 3 rings (SSSR count). The molecule has 0 aliphatic rings. The Morgan fingerprint density at radius 3 is 2.58 bits per heavy atom. The van der Waals surface area contributed by atoms with E-state index in [1.165, 1.54) is 5.56 Å². The molecule has 2 heterocycles. The molecule has 0 aliphatic heterocycles. The highest BCUT2D eigenvalue weighted by atomic mass is 16.5.